The molecule has 0 aliphatic rings. The van der Waals surface area contributed by atoms with Crippen LogP contribution in [-0.2, 0) is 6.54 Å². The third kappa shape index (κ3) is 4.58. The number of nitrogens with zero attached hydrogens (tertiary/aromatic N) is 3. The highest BCUT2D eigenvalue weighted by atomic mass is 32.2. The molecule has 78 valence electrons. The fraction of sp³-hybridized carbons (Fsp3) is 0.600. The van der Waals surface area contributed by atoms with Gasteiger partial charge >= 0.3 is 0 Å². The zero-order valence-corrected chi connectivity index (χ0v) is 9.79. The van der Waals surface area contributed by atoms with Crippen LogP contribution in [0.2, 0.25) is 0 Å². The van der Waals surface area contributed by atoms with Crippen molar-refractivity contribution in [3.8, 4) is 0 Å². The molecule has 0 aliphatic heterocycles. The number of aromatic nitrogens is 2. The average Bonchev–Trinajstić information content (AvgIpc) is 2.16. The number of rotatable bonds is 5. The lowest BCUT2D eigenvalue weighted by Gasteiger charge is -2.16. The molecule has 0 saturated heterocycles. The second-order valence-electron chi connectivity index (χ2n) is 3.52. The minimum absolute atomic E-state index is 0.675. The first kappa shape index (κ1) is 11.5. The zero-order valence-electron chi connectivity index (χ0n) is 8.97. The van der Waals surface area contributed by atoms with Crippen LogP contribution in [0.5, 0.6) is 0 Å². The molecule has 0 aliphatic carbocycles. The topological polar surface area (TPSA) is 29.0 Å². The van der Waals surface area contributed by atoms with Crippen molar-refractivity contribution >= 4 is 11.8 Å². The highest BCUT2D eigenvalue weighted by molar-refractivity contribution is 7.99. The molecule has 3 nitrogen and oxygen atoms in total. The summed E-state index contributed by atoms with van der Waals surface area (Å²) >= 11 is 1.93. The molecule has 0 amide bonds. The van der Waals surface area contributed by atoms with E-state index >= 15 is 0 Å². The van der Waals surface area contributed by atoms with E-state index in [-0.39, 0.29) is 0 Å². The highest BCUT2D eigenvalue weighted by Gasteiger charge is 2.03. The van der Waals surface area contributed by atoms with E-state index in [4.69, 9.17) is 0 Å². The maximum Gasteiger partial charge on any atom is 0.142 e. The largest absolute Gasteiger partial charge is 0.290 e. The van der Waals surface area contributed by atoms with Crippen LogP contribution in [0.25, 0.3) is 0 Å². The Hall–Kier alpha value is -0.610. The van der Waals surface area contributed by atoms with Gasteiger partial charge in [-0.2, -0.15) is 0 Å². The molecule has 0 radical (unpaired) electrons. The van der Waals surface area contributed by atoms with Crippen LogP contribution >= 0.6 is 11.8 Å². The molecule has 0 N–H and O–H groups in total. The number of hydrogen-bond donors (Lipinski definition) is 0. The molecule has 4 heteroatoms. The van der Waals surface area contributed by atoms with Gasteiger partial charge in [0.05, 0.1) is 6.54 Å². The SMILES string of the molecule is CC(C)SCN(C)Cc1ncccn1. The molecular weight excluding hydrogens is 194 g/mol. The summed E-state index contributed by atoms with van der Waals surface area (Å²) in [5, 5.41) is 0.675. The van der Waals surface area contributed by atoms with Crippen LogP contribution in [0, 0.1) is 0 Å². The Morgan fingerprint density at radius 3 is 2.57 bits per heavy atom. The van der Waals surface area contributed by atoms with Gasteiger partial charge in [0, 0.05) is 23.5 Å². The Kier molecular flexibility index (Phi) is 4.90. The monoisotopic (exact) mass is 211 g/mol. The van der Waals surface area contributed by atoms with Crippen molar-refractivity contribution in [2.45, 2.75) is 25.6 Å². The second kappa shape index (κ2) is 5.98. The van der Waals surface area contributed by atoms with E-state index in [2.05, 4.69) is 35.8 Å². The molecule has 1 aromatic heterocycles. The Morgan fingerprint density at radius 1 is 1.36 bits per heavy atom. The zero-order chi connectivity index (χ0) is 10.4. The molecule has 1 aromatic rings. The lowest BCUT2D eigenvalue weighted by molar-refractivity contribution is 0.374. The molecule has 1 heterocycles. The van der Waals surface area contributed by atoms with E-state index in [1.807, 2.05) is 17.8 Å². The Labute approximate surface area is 89.9 Å². The van der Waals surface area contributed by atoms with E-state index in [0.717, 1.165) is 18.2 Å². The van der Waals surface area contributed by atoms with Gasteiger partial charge in [0.25, 0.3) is 0 Å². The first-order valence-corrected chi connectivity index (χ1v) is 5.79. The summed E-state index contributed by atoms with van der Waals surface area (Å²) in [5.41, 5.74) is 0. The summed E-state index contributed by atoms with van der Waals surface area (Å²) in [6, 6.07) is 1.84. The van der Waals surface area contributed by atoms with Crippen molar-refractivity contribution in [1.82, 2.24) is 14.9 Å². The first-order chi connectivity index (χ1) is 6.68. The van der Waals surface area contributed by atoms with E-state index in [9.17, 15) is 0 Å². The number of hydrogen-bond acceptors (Lipinski definition) is 4. The summed E-state index contributed by atoms with van der Waals surface area (Å²) in [4.78, 5) is 10.6. The lowest BCUT2D eigenvalue weighted by Crippen LogP contribution is -2.19. The predicted octanol–water partition coefficient (Wildman–Crippen LogP) is 2.01. The van der Waals surface area contributed by atoms with Crippen molar-refractivity contribution < 1.29 is 0 Å². The van der Waals surface area contributed by atoms with E-state index in [1.165, 1.54) is 0 Å². The lowest BCUT2D eigenvalue weighted by atomic mass is 10.5. The van der Waals surface area contributed by atoms with E-state index in [0.29, 0.717) is 5.25 Å². The maximum absolute atomic E-state index is 4.18. The van der Waals surface area contributed by atoms with E-state index < -0.39 is 0 Å². The van der Waals surface area contributed by atoms with Gasteiger partial charge in [0.1, 0.15) is 5.82 Å². The normalized spacial score (nSPS) is 11.2. The van der Waals surface area contributed by atoms with Crippen LogP contribution in [0.3, 0.4) is 0 Å². The van der Waals surface area contributed by atoms with Crippen LogP contribution in [-0.4, -0.2) is 33.0 Å². The van der Waals surface area contributed by atoms with Gasteiger partial charge in [-0.3, -0.25) is 4.90 Å². The molecule has 0 aromatic carbocycles. The average molecular weight is 211 g/mol. The smallest absolute Gasteiger partial charge is 0.142 e. The molecule has 0 spiro atoms. The fourth-order valence-corrected chi connectivity index (χ4v) is 1.62. The molecule has 0 unspecified atom stereocenters. The molecule has 1 rings (SSSR count). The molecule has 0 fully saturated rings. The van der Waals surface area contributed by atoms with E-state index in [1.54, 1.807) is 12.4 Å². The molecule has 0 atom stereocenters. The van der Waals surface area contributed by atoms with Crippen molar-refractivity contribution in [2.75, 3.05) is 12.9 Å². The molecule has 0 saturated carbocycles. The highest BCUT2D eigenvalue weighted by Crippen LogP contribution is 2.10. The summed E-state index contributed by atoms with van der Waals surface area (Å²) in [6.45, 7) is 5.23. The molecular formula is C10H17N3S. The van der Waals surface area contributed by atoms with Gasteiger partial charge in [0.2, 0.25) is 0 Å². The van der Waals surface area contributed by atoms with Gasteiger partial charge < -0.3 is 0 Å². The van der Waals surface area contributed by atoms with Crippen LogP contribution < -0.4 is 0 Å². The Bertz CT molecular complexity index is 251. The molecule has 14 heavy (non-hydrogen) atoms. The maximum atomic E-state index is 4.18. The minimum atomic E-state index is 0.675. The van der Waals surface area contributed by atoms with Gasteiger partial charge in [-0.05, 0) is 13.1 Å². The number of thioether (sulfide) groups is 1. The van der Waals surface area contributed by atoms with Crippen molar-refractivity contribution in [1.29, 1.82) is 0 Å². The summed E-state index contributed by atoms with van der Waals surface area (Å²) in [5.74, 6) is 1.91. The van der Waals surface area contributed by atoms with Crippen molar-refractivity contribution in [2.24, 2.45) is 0 Å². The van der Waals surface area contributed by atoms with Crippen LogP contribution in [0.1, 0.15) is 19.7 Å². The second-order valence-corrected chi connectivity index (χ2v) is 5.06. The van der Waals surface area contributed by atoms with Crippen molar-refractivity contribution in [3.05, 3.63) is 24.3 Å². The molecule has 0 bridgehead atoms. The van der Waals surface area contributed by atoms with Gasteiger partial charge in [-0.1, -0.05) is 13.8 Å². The van der Waals surface area contributed by atoms with Crippen LogP contribution in [0.15, 0.2) is 18.5 Å². The van der Waals surface area contributed by atoms with Gasteiger partial charge in [0.15, 0.2) is 0 Å². The first-order valence-electron chi connectivity index (χ1n) is 4.74. The predicted molar refractivity (Wildman–Crippen MR) is 61.1 cm³/mol. The van der Waals surface area contributed by atoms with Gasteiger partial charge in [-0.15, -0.1) is 11.8 Å². The summed E-state index contributed by atoms with van der Waals surface area (Å²) < 4.78 is 0. The quantitative estimate of drug-likeness (QED) is 0.697. The van der Waals surface area contributed by atoms with Crippen LogP contribution in [0.4, 0.5) is 0 Å². The van der Waals surface area contributed by atoms with Gasteiger partial charge in [-0.25, -0.2) is 9.97 Å². The van der Waals surface area contributed by atoms with Crippen molar-refractivity contribution in [3.63, 3.8) is 0 Å². The standard InChI is InChI=1S/C10H17N3S/c1-9(2)14-8-13(3)7-10-11-5-4-6-12-10/h4-6,9H,7-8H2,1-3H3. The fourth-order valence-electron chi connectivity index (χ4n) is 0.975. The summed E-state index contributed by atoms with van der Waals surface area (Å²) in [6.07, 6.45) is 3.57. The third-order valence-corrected chi connectivity index (χ3v) is 2.92. The summed E-state index contributed by atoms with van der Waals surface area (Å²) in [7, 11) is 2.09. The Balaban J connectivity index is 2.30. The minimum Gasteiger partial charge on any atom is -0.290 e. The Morgan fingerprint density at radius 2 is 2.00 bits per heavy atom. The third-order valence-electron chi connectivity index (χ3n) is 1.66.